The van der Waals surface area contributed by atoms with Gasteiger partial charge in [0.15, 0.2) is 5.69 Å². The topological polar surface area (TPSA) is 104 Å². The first-order valence-electron chi connectivity index (χ1n) is 9.93. The first kappa shape index (κ1) is 20.8. The average molecular weight is 439 g/mol. The second-order valence-electron chi connectivity index (χ2n) is 7.26. The van der Waals surface area contributed by atoms with Crippen molar-refractivity contribution < 1.29 is 19.1 Å². The number of thiophene rings is 1. The molecule has 1 aliphatic heterocycles. The summed E-state index contributed by atoms with van der Waals surface area (Å²) in [4.78, 5) is 39.8. The van der Waals surface area contributed by atoms with Gasteiger partial charge in [-0.25, -0.2) is 4.79 Å². The number of hydrogen-bond donors (Lipinski definition) is 2. The first-order valence-corrected chi connectivity index (χ1v) is 10.8. The second-order valence-corrected chi connectivity index (χ2v) is 8.20. The number of esters is 1. The van der Waals surface area contributed by atoms with Gasteiger partial charge in [-0.05, 0) is 48.6 Å². The zero-order chi connectivity index (χ0) is 21.8. The minimum absolute atomic E-state index is 0.0424. The van der Waals surface area contributed by atoms with E-state index in [-0.39, 0.29) is 17.9 Å². The molecule has 160 valence electrons. The molecule has 2 aromatic heterocycles. The van der Waals surface area contributed by atoms with Crippen LogP contribution in [-0.2, 0) is 4.74 Å². The van der Waals surface area contributed by atoms with E-state index in [0.29, 0.717) is 42.8 Å². The van der Waals surface area contributed by atoms with Crippen LogP contribution in [0.4, 0.5) is 0 Å². The summed E-state index contributed by atoms with van der Waals surface area (Å²) in [6.07, 6.45) is 1.30. The average Bonchev–Trinajstić information content (AvgIpc) is 3.51. The number of carbonyl (C=O) groups is 3. The molecule has 0 spiro atoms. The van der Waals surface area contributed by atoms with E-state index in [4.69, 9.17) is 4.74 Å². The van der Waals surface area contributed by atoms with Crippen LogP contribution in [0.2, 0.25) is 0 Å². The van der Waals surface area contributed by atoms with Gasteiger partial charge in [-0.1, -0.05) is 12.1 Å². The molecule has 9 heteroatoms. The number of carbonyl (C=O) groups excluding carboxylic acids is 3. The Morgan fingerprint density at radius 3 is 2.61 bits per heavy atom. The summed E-state index contributed by atoms with van der Waals surface area (Å²) in [6.45, 7) is 1.07. The second kappa shape index (κ2) is 9.13. The van der Waals surface area contributed by atoms with Crippen molar-refractivity contribution >= 4 is 29.1 Å². The molecule has 0 saturated carbocycles. The maximum atomic E-state index is 12.8. The number of aromatic nitrogens is 2. The molecule has 4 rings (SSSR count). The lowest BCUT2D eigenvalue weighted by molar-refractivity contribution is 0.0600. The highest BCUT2D eigenvalue weighted by Crippen LogP contribution is 2.24. The smallest absolute Gasteiger partial charge is 0.337 e. The van der Waals surface area contributed by atoms with Crippen LogP contribution in [0.1, 0.15) is 44.0 Å². The molecule has 31 heavy (non-hydrogen) atoms. The van der Waals surface area contributed by atoms with Crippen molar-refractivity contribution in [1.82, 2.24) is 20.4 Å². The Morgan fingerprint density at radius 2 is 1.90 bits per heavy atom. The van der Waals surface area contributed by atoms with Crippen molar-refractivity contribution in [2.75, 3.05) is 20.2 Å². The fourth-order valence-corrected chi connectivity index (χ4v) is 4.24. The van der Waals surface area contributed by atoms with Crippen LogP contribution in [0.15, 0.2) is 47.8 Å². The summed E-state index contributed by atoms with van der Waals surface area (Å²) in [5.41, 5.74) is 1.95. The van der Waals surface area contributed by atoms with Gasteiger partial charge in [0.1, 0.15) is 0 Å². The largest absolute Gasteiger partial charge is 0.465 e. The molecule has 1 aromatic carbocycles. The number of methoxy groups -OCH3 is 1. The van der Waals surface area contributed by atoms with Crippen LogP contribution in [-0.4, -0.2) is 59.1 Å². The lowest BCUT2D eigenvalue weighted by atomic mass is 10.0. The van der Waals surface area contributed by atoms with Gasteiger partial charge in [-0.2, -0.15) is 5.10 Å². The minimum Gasteiger partial charge on any atom is -0.465 e. The van der Waals surface area contributed by atoms with Crippen LogP contribution in [0.25, 0.3) is 10.6 Å². The Bertz CT molecular complexity index is 1080. The van der Waals surface area contributed by atoms with E-state index < -0.39 is 5.97 Å². The zero-order valence-corrected chi connectivity index (χ0v) is 17.8. The molecule has 3 aromatic rings. The number of benzene rings is 1. The van der Waals surface area contributed by atoms with Crippen molar-refractivity contribution in [1.29, 1.82) is 0 Å². The summed E-state index contributed by atoms with van der Waals surface area (Å²) >= 11 is 1.58. The number of aromatic amines is 1. The van der Waals surface area contributed by atoms with Crippen molar-refractivity contribution in [2.45, 2.75) is 18.9 Å². The van der Waals surface area contributed by atoms with Crippen LogP contribution in [0.3, 0.4) is 0 Å². The van der Waals surface area contributed by atoms with Crippen molar-refractivity contribution in [3.05, 3.63) is 64.7 Å². The lowest BCUT2D eigenvalue weighted by Crippen LogP contribution is -2.46. The van der Waals surface area contributed by atoms with E-state index in [0.717, 1.165) is 10.6 Å². The molecule has 2 N–H and O–H groups in total. The molecule has 0 atom stereocenters. The van der Waals surface area contributed by atoms with Gasteiger partial charge in [0.05, 0.1) is 23.2 Å². The quantitative estimate of drug-likeness (QED) is 0.596. The number of amides is 2. The molecule has 1 saturated heterocycles. The highest BCUT2D eigenvalue weighted by molar-refractivity contribution is 7.13. The van der Waals surface area contributed by atoms with Crippen molar-refractivity contribution in [3.63, 3.8) is 0 Å². The van der Waals surface area contributed by atoms with E-state index in [1.807, 2.05) is 17.5 Å². The standard InChI is InChI=1S/C22H22N4O4S/c1-30-22(29)15-5-2-4-14(12-15)20(27)23-16-7-9-26(10-8-16)21(28)18-13-17(24-25-18)19-6-3-11-31-19/h2-6,11-13,16H,7-10H2,1H3,(H,23,27)(H,24,25). The summed E-state index contributed by atoms with van der Waals surface area (Å²) in [5.74, 6) is -0.847. The van der Waals surface area contributed by atoms with Gasteiger partial charge in [0.25, 0.3) is 11.8 Å². The van der Waals surface area contributed by atoms with E-state index >= 15 is 0 Å². The Morgan fingerprint density at radius 1 is 1.13 bits per heavy atom. The number of H-pyrrole nitrogens is 1. The Labute approximate surface area is 183 Å². The van der Waals surface area contributed by atoms with Crippen LogP contribution in [0.5, 0.6) is 0 Å². The summed E-state index contributed by atoms with van der Waals surface area (Å²) in [6, 6.07) is 12.1. The number of likely N-dealkylation sites (tertiary alicyclic amines) is 1. The van der Waals surface area contributed by atoms with Crippen molar-refractivity contribution in [3.8, 4) is 10.6 Å². The van der Waals surface area contributed by atoms with Crippen LogP contribution >= 0.6 is 11.3 Å². The SMILES string of the molecule is COC(=O)c1cccc(C(=O)NC2CCN(C(=O)c3cc(-c4cccs4)[nH]n3)CC2)c1. The molecular weight excluding hydrogens is 416 g/mol. The fraction of sp³-hybridized carbons (Fsp3) is 0.273. The molecule has 1 aliphatic rings. The predicted octanol–water partition coefficient (Wildman–Crippen LogP) is 2.96. The molecule has 2 amide bonds. The van der Waals surface area contributed by atoms with E-state index in [1.165, 1.54) is 13.2 Å². The maximum absolute atomic E-state index is 12.8. The van der Waals surface area contributed by atoms with Gasteiger partial charge in [0.2, 0.25) is 0 Å². The van der Waals surface area contributed by atoms with Gasteiger partial charge in [-0.15, -0.1) is 11.3 Å². The van der Waals surface area contributed by atoms with Gasteiger partial charge in [0, 0.05) is 24.7 Å². The van der Waals surface area contributed by atoms with E-state index in [1.54, 1.807) is 40.5 Å². The monoisotopic (exact) mass is 438 g/mol. The molecule has 0 aliphatic carbocycles. The number of nitrogens with one attached hydrogen (secondary N) is 2. The van der Waals surface area contributed by atoms with E-state index in [2.05, 4.69) is 15.5 Å². The van der Waals surface area contributed by atoms with Gasteiger partial charge < -0.3 is 15.0 Å². The highest BCUT2D eigenvalue weighted by atomic mass is 32.1. The van der Waals surface area contributed by atoms with Crippen molar-refractivity contribution in [2.24, 2.45) is 0 Å². The number of ether oxygens (including phenoxy) is 1. The fourth-order valence-electron chi connectivity index (χ4n) is 3.55. The van der Waals surface area contributed by atoms with Gasteiger partial charge >= 0.3 is 5.97 Å². The molecule has 3 heterocycles. The third-order valence-corrected chi connectivity index (χ3v) is 6.15. The Hall–Kier alpha value is -3.46. The molecule has 8 nitrogen and oxygen atoms in total. The van der Waals surface area contributed by atoms with Crippen LogP contribution < -0.4 is 5.32 Å². The molecule has 1 fully saturated rings. The maximum Gasteiger partial charge on any atom is 0.337 e. The summed E-state index contributed by atoms with van der Waals surface area (Å²) in [5, 5.41) is 12.1. The summed E-state index contributed by atoms with van der Waals surface area (Å²) < 4.78 is 4.70. The normalized spacial score (nSPS) is 14.3. The predicted molar refractivity (Wildman–Crippen MR) is 116 cm³/mol. The minimum atomic E-state index is -0.484. The number of piperidine rings is 1. The van der Waals surface area contributed by atoms with E-state index in [9.17, 15) is 14.4 Å². The molecule has 0 radical (unpaired) electrons. The van der Waals surface area contributed by atoms with Crippen LogP contribution in [0, 0.1) is 0 Å². The molecular formula is C22H22N4O4S. The Balaban J connectivity index is 1.32. The third-order valence-electron chi connectivity index (χ3n) is 5.25. The number of nitrogens with zero attached hydrogens (tertiary/aromatic N) is 2. The zero-order valence-electron chi connectivity index (χ0n) is 17.0. The molecule has 0 unspecified atom stereocenters. The summed E-state index contributed by atoms with van der Waals surface area (Å²) in [7, 11) is 1.30. The molecule has 0 bridgehead atoms. The third kappa shape index (κ3) is 4.66. The number of hydrogen-bond acceptors (Lipinski definition) is 6. The highest BCUT2D eigenvalue weighted by Gasteiger charge is 2.26. The van der Waals surface area contributed by atoms with Gasteiger partial charge in [-0.3, -0.25) is 14.7 Å². The number of rotatable bonds is 5. The lowest BCUT2D eigenvalue weighted by Gasteiger charge is -2.32. The first-order chi connectivity index (χ1) is 15.0. The Kier molecular flexibility index (Phi) is 6.13.